The molecule has 0 aliphatic heterocycles. The minimum absolute atomic E-state index is 0.164. The maximum atomic E-state index is 11.9. The Hall–Kier alpha value is -1.35. The lowest BCUT2D eigenvalue weighted by Crippen LogP contribution is -2.44. The summed E-state index contributed by atoms with van der Waals surface area (Å²) in [6.45, 7) is 4.26. The van der Waals surface area contributed by atoms with Crippen molar-refractivity contribution in [2.45, 2.75) is 90.6 Å². The number of carbonyl (C=O) groups excluding carboxylic acids is 1. The van der Waals surface area contributed by atoms with Crippen LogP contribution in [0.25, 0.3) is 0 Å². The zero-order valence-corrected chi connectivity index (χ0v) is 17.7. The molecular weight excluding hydrogens is 320 g/mol. The van der Waals surface area contributed by atoms with Gasteiger partial charge in [0.15, 0.2) is 0 Å². The van der Waals surface area contributed by atoms with Crippen LogP contribution >= 0.6 is 0 Å². The second kappa shape index (κ2) is 18.4. The average molecular weight is 363 g/mol. The summed E-state index contributed by atoms with van der Waals surface area (Å²) in [7, 11) is 4.01. The first-order chi connectivity index (χ1) is 12.6. The fourth-order valence-corrected chi connectivity index (χ4v) is 2.76. The molecule has 150 valence electrons. The van der Waals surface area contributed by atoms with Crippen molar-refractivity contribution in [2.24, 2.45) is 0 Å². The predicted molar refractivity (Wildman–Crippen MR) is 115 cm³/mol. The Morgan fingerprint density at radius 1 is 0.846 bits per heavy atom. The highest BCUT2D eigenvalue weighted by atomic mass is 16.1. The largest absolute Gasteiger partial charge is 0.341 e. The summed E-state index contributed by atoms with van der Waals surface area (Å²) in [6, 6.07) is 0. The monoisotopic (exact) mass is 362 g/mol. The van der Waals surface area contributed by atoms with Crippen LogP contribution in [0, 0.1) is 0 Å². The van der Waals surface area contributed by atoms with Gasteiger partial charge in [-0.1, -0.05) is 69.6 Å². The molecule has 1 unspecified atom stereocenters. The molecule has 0 aromatic heterocycles. The minimum atomic E-state index is 0.164. The van der Waals surface area contributed by atoms with Crippen LogP contribution in [-0.4, -0.2) is 31.1 Å². The molecule has 26 heavy (non-hydrogen) atoms. The first-order valence-corrected chi connectivity index (χ1v) is 10.5. The van der Waals surface area contributed by atoms with Gasteiger partial charge in [0, 0.05) is 6.42 Å². The van der Waals surface area contributed by atoms with E-state index in [1.165, 1.54) is 25.7 Å². The zero-order valence-electron chi connectivity index (χ0n) is 17.7. The molecule has 0 fully saturated rings. The normalized spacial score (nSPS) is 13.4. The van der Waals surface area contributed by atoms with Crippen LogP contribution in [0.15, 0.2) is 36.5 Å². The molecule has 0 heterocycles. The van der Waals surface area contributed by atoms with Crippen LogP contribution in [-0.2, 0) is 4.79 Å². The lowest BCUT2D eigenvalue weighted by atomic mass is 10.1. The number of allylic oxidation sites excluding steroid dienone is 6. The molecule has 0 aliphatic carbocycles. The summed E-state index contributed by atoms with van der Waals surface area (Å²) in [5.41, 5.74) is 0. The van der Waals surface area contributed by atoms with Gasteiger partial charge >= 0.3 is 0 Å². The molecule has 0 rings (SSSR count). The van der Waals surface area contributed by atoms with Crippen LogP contribution in [0.3, 0.4) is 0 Å². The van der Waals surface area contributed by atoms with E-state index in [1.807, 2.05) is 14.1 Å². The molecular formula is C23H42N2O. The van der Waals surface area contributed by atoms with Gasteiger partial charge < -0.3 is 5.32 Å². The number of hydrogen-bond donors (Lipinski definition) is 1. The predicted octanol–water partition coefficient (Wildman–Crippen LogP) is 5.99. The summed E-state index contributed by atoms with van der Waals surface area (Å²) in [6.07, 6.45) is 25.5. The van der Waals surface area contributed by atoms with Gasteiger partial charge in [0.1, 0.15) is 0 Å². The smallest absolute Gasteiger partial charge is 0.221 e. The third-order valence-corrected chi connectivity index (χ3v) is 4.39. The van der Waals surface area contributed by atoms with Gasteiger partial charge in [-0.3, -0.25) is 9.69 Å². The van der Waals surface area contributed by atoms with Crippen molar-refractivity contribution in [2.75, 3.05) is 14.1 Å². The van der Waals surface area contributed by atoms with E-state index in [9.17, 15) is 4.79 Å². The zero-order chi connectivity index (χ0) is 19.5. The van der Waals surface area contributed by atoms with Crippen LogP contribution in [0.1, 0.15) is 84.5 Å². The summed E-state index contributed by atoms with van der Waals surface area (Å²) >= 11 is 0. The highest BCUT2D eigenvalue weighted by Gasteiger charge is 2.11. The van der Waals surface area contributed by atoms with Gasteiger partial charge in [0.25, 0.3) is 0 Å². The second-order valence-corrected chi connectivity index (χ2v) is 7.06. The second-order valence-electron chi connectivity index (χ2n) is 7.06. The lowest BCUT2D eigenvalue weighted by molar-refractivity contribution is -0.123. The van der Waals surface area contributed by atoms with Crippen molar-refractivity contribution in [1.82, 2.24) is 10.2 Å². The van der Waals surface area contributed by atoms with E-state index in [4.69, 9.17) is 0 Å². The van der Waals surface area contributed by atoms with Crippen molar-refractivity contribution in [3.63, 3.8) is 0 Å². The van der Waals surface area contributed by atoms with E-state index in [0.29, 0.717) is 6.42 Å². The molecule has 0 saturated heterocycles. The van der Waals surface area contributed by atoms with Gasteiger partial charge in [-0.2, -0.15) is 0 Å². The highest BCUT2D eigenvalue weighted by Crippen LogP contribution is 2.08. The van der Waals surface area contributed by atoms with Gasteiger partial charge in [-0.25, -0.2) is 0 Å². The van der Waals surface area contributed by atoms with Crippen LogP contribution < -0.4 is 5.32 Å². The Bertz CT molecular complexity index is 410. The number of hydrogen-bond acceptors (Lipinski definition) is 2. The molecule has 3 nitrogen and oxygen atoms in total. The number of amides is 1. The van der Waals surface area contributed by atoms with E-state index in [2.05, 4.69) is 60.5 Å². The Morgan fingerprint density at radius 3 is 2.04 bits per heavy atom. The van der Waals surface area contributed by atoms with Crippen molar-refractivity contribution in [1.29, 1.82) is 0 Å². The Labute approximate surface area is 162 Å². The van der Waals surface area contributed by atoms with E-state index >= 15 is 0 Å². The van der Waals surface area contributed by atoms with Crippen LogP contribution in [0.5, 0.6) is 0 Å². The molecule has 0 radical (unpaired) electrons. The Kier molecular flexibility index (Phi) is 17.5. The first kappa shape index (κ1) is 24.7. The molecule has 0 bridgehead atoms. The molecule has 1 N–H and O–H groups in total. The number of nitrogens with zero attached hydrogens (tertiary/aromatic N) is 1. The van der Waals surface area contributed by atoms with Crippen molar-refractivity contribution in [3.05, 3.63) is 36.5 Å². The van der Waals surface area contributed by atoms with E-state index in [-0.39, 0.29) is 12.1 Å². The standard InChI is InChI=1S/C23H42N2O/c1-5-7-8-9-10-11-12-13-14-15-16-17-18-19-20-21-23(26)24-22(6-2)25(3)4/h7-8,10-11,13-14,22H,5-6,9,12,15-21H2,1-4H3,(H,24,26)/b8-7-,11-10-,14-13-. The van der Waals surface area contributed by atoms with Crippen molar-refractivity contribution >= 4 is 5.91 Å². The van der Waals surface area contributed by atoms with Crippen LogP contribution in [0.4, 0.5) is 0 Å². The average Bonchev–Trinajstić information content (AvgIpc) is 2.62. The molecule has 0 aliphatic rings. The van der Waals surface area contributed by atoms with E-state index in [1.54, 1.807) is 0 Å². The molecule has 1 amide bonds. The van der Waals surface area contributed by atoms with E-state index in [0.717, 1.165) is 38.5 Å². The Balaban J connectivity index is 3.46. The summed E-state index contributed by atoms with van der Waals surface area (Å²) in [5.74, 6) is 0.187. The fraction of sp³-hybridized carbons (Fsp3) is 0.696. The first-order valence-electron chi connectivity index (χ1n) is 10.5. The number of rotatable bonds is 16. The number of carbonyl (C=O) groups is 1. The van der Waals surface area contributed by atoms with Gasteiger partial charge in [0.2, 0.25) is 5.91 Å². The third-order valence-electron chi connectivity index (χ3n) is 4.39. The van der Waals surface area contributed by atoms with E-state index < -0.39 is 0 Å². The molecule has 0 aromatic carbocycles. The Morgan fingerprint density at radius 2 is 1.42 bits per heavy atom. The number of unbranched alkanes of at least 4 members (excludes halogenated alkanes) is 5. The molecule has 0 aromatic rings. The molecule has 1 atom stereocenters. The van der Waals surface area contributed by atoms with Crippen LogP contribution in [0.2, 0.25) is 0 Å². The SMILES string of the molecule is CC/C=C\C/C=C\C/C=C\CCCCCCCC(=O)NC(CC)N(C)C. The molecule has 0 spiro atoms. The van der Waals surface area contributed by atoms with Gasteiger partial charge in [0.05, 0.1) is 6.17 Å². The summed E-state index contributed by atoms with van der Waals surface area (Å²) in [4.78, 5) is 14.0. The lowest BCUT2D eigenvalue weighted by Gasteiger charge is -2.23. The minimum Gasteiger partial charge on any atom is -0.341 e. The molecule has 0 saturated carbocycles. The topological polar surface area (TPSA) is 32.3 Å². The fourth-order valence-electron chi connectivity index (χ4n) is 2.76. The maximum Gasteiger partial charge on any atom is 0.221 e. The highest BCUT2D eigenvalue weighted by molar-refractivity contribution is 5.76. The van der Waals surface area contributed by atoms with Crippen molar-refractivity contribution < 1.29 is 4.79 Å². The molecule has 3 heteroatoms. The van der Waals surface area contributed by atoms with Gasteiger partial charge in [-0.15, -0.1) is 0 Å². The third kappa shape index (κ3) is 16.1. The summed E-state index contributed by atoms with van der Waals surface area (Å²) in [5, 5.41) is 3.08. The van der Waals surface area contributed by atoms with Crippen molar-refractivity contribution in [3.8, 4) is 0 Å². The maximum absolute atomic E-state index is 11.9. The van der Waals surface area contributed by atoms with Gasteiger partial charge in [-0.05, 0) is 59.0 Å². The quantitative estimate of drug-likeness (QED) is 0.208. The number of nitrogens with one attached hydrogen (secondary N) is 1. The summed E-state index contributed by atoms with van der Waals surface area (Å²) < 4.78 is 0.